The van der Waals surface area contributed by atoms with Gasteiger partial charge < -0.3 is 9.47 Å². The van der Waals surface area contributed by atoms with Gasteiger partial charge in [-0.15, -0.1) is 0 Å². The quantitative estimate of drug-likeness (QED) is 0.836. The Kier molecular flexibility index (Phi) is 4.38. The van der Waals surface area contributed by atoms with E-state index in [0.29, 0.717) is 17.9 Å². The summed E-state index contributed by atoms with van der Waals surface area (Å²) in [6, 6.07) is 14.3. The van der Waals surface area contributed by atoms with Crippen molar-refractivity contribution in [1.82, 2.24) is 5.01 Å². The van der Waals surface area contributed by atoms with Gasteiger partial charge in [0.25, 0.3) is 0 Å². The number of nitrogens with zero attached hydrogens (tertiary/aromatic N) is 2. The first-order chi connectivity index (χ1) is 13.0. The van der Waals surface area contributed by atoms with Crippen LogP contribution in [0.5, 0.6) is 11.5 Å². The zero-order valence-corrected chi connectivity index (χ0v) is 15.9. The largest absolute Gasteiger partial charge is 0.493 e. The number of carbonyl (C=O) groups is 1. The zero-order valence-electron chi connectivity index (χ0n) is 15.9. The summed E-state index contributed by atoms with van der Waals surface area (Å²) in [5.74, 6) is 1.42. The van der Waals surface area contributed by atoms with Crippen molar-refractivity contribution in [1.29, 1.82) is 0 Å². The molecule has 1 aliphatic carbocycles. The maximum absolute atomic E-state index is 12.2. The van der Waals surface area contributed by atoms with E-state index in [0.717, 1.165) is 18.4 Å². The average Bonchev–Trinajstić information content (AvgIpc) is 3.07. The van der Waals surface area contributed by atoms with Gasteiger partial charge in [-0.2, -0.15) is 5.10 Å². The maximum atomic E-state index is 12.2. The lowest BCUT2D eigenvalue weighted by atomic mass is 9.79. The molecule has 1 aliphatic heterocycles. The van der Waals surface area contributed by atoms with Crippen LogP contribution in [-0.4, -0.2) is 37.4 Å². The lowest BCUT2D eigenvalue weighted by Crippen LogP contribution is -2.38. The molecule has 2 aromatic carbocycles. The number of fused-ring (bicyclic) bond motifs is 1. The van der Waals surface area contributed by atoms with Crippen LogP contribution in [0.1, 0.15) is 30.0 Å². The number of methoxy groups -OCH3 is 1. The Labute approximate surface area is 159 Å². The molecule has 5 heteroatoms. The number of carbonyl (C=O) groups excluding carboxylic acids is 1. The number of ether oxygens (including phenoxy) is 2. The van der Waals surface area contributed by atoms with E-state index in [9.17, 15) is 4.79 Å². The summed E-state index contributed by atoms with van der Waals surface area (Å²) < 4.78 is 11.9. The summed E-state index contributed by atoms with van der Waals surface area (Å²) in [6.07, 6.45) is 4.10. The van der Waals surface area contributed by atoms with Crippen LogP contribution >= 0.6 is 0 Å². The first kappa shape index (κ1) is 17.6. The smallest absolute Gasteiger partial charge is 0.243 e. The molecular weight excluding hydrogens is 340 g/mol. The number of benzene rings is 2. The third kappa shape index (κ3) is 3.29. The molecule has 1 heterocycles. The van der Waals surface area contributed by atoms with Crippen molar-refractivity contribution < 1.29 is 14.3 Å². The van der Waals surface area contributed by atoms with Gasteiger partial charge in [-0.3, -0.25) is 4.79 Å². The van der Waals surface area contributed by atoms with Gasteiger partial charge in [0.15, 0.2) is 11.5 Å². The minimum Gasteiger partial charge on any atom is -0.493 e. The lowest BCUT2D eigenvalue weighted by Gasteiger charge is -2.31. The van der Waals surface area contributed by atoms with Crippen LogP contribution in [0.4, 0.5) is 0 Å². The fraction of sp³-hybridized carbons (Fsp3) is 0.364. The van der Waals surface area contributed by atoms with E-state index in [-0.39, 0.29) is 12.0 Å². The van der Waals surface area contributed by atoms with E-state index in [1.54, 1.807) is 14.2 Å². The molecule has 27 heavy (non-hydrogen) atoms. The molecule has 0 saturated carbocycles. The van der Waals surface area contributed by atoms with Crippen molar-refractivity contribution >= 4 is 12.1 Å². The lowest BCUT2D eigenvalue weighted by molar-refractivity contribution is -0.131. The summed E-state index contributed by atoms with van der Waals surface area (Å²) in [5.41, 5.74) is 3.24. The maximum Gasteiger partial charge on any atom is 0.243 e. The highest BCUT2D eigenvalue weighted by molar-refractivity contribution is 5.89. The van der Waals surface area contributed by atoms with Gasteiger partial charge in [0.1, 0.15) is 6.10 Å². The van der Waals surface area contributed by atoms with Gasteiger partial charge in [0.2, 0.25) is 5.91 Å². The summed E-state index contributed by atoms with van der Waals surface area (Å²) >= 11 is 0. The molecule has 2 aromatic rings. The Balaban J connectivity index is 1.61. The van der Waals surface area contributed by atoms with Crippen LogP contribution in [-0.2, 0) is 23.1 Å². The molecule has 0 spiro atoms. The predicted molar refractivity (Wildman–Crippen MR) is 104 cm³/mol. The van der Waals surface area contributed by atoms with E-state index in [2.05, 4.69) is 29.4 Å². The molecule has 0 saturated heterocycles. The molecule has 1 atom stereocenters. The fourth-order valence-electron chi connectivity index (χ4n) is 3.83. The van der Waals surface area contributed by atoms with Crippen molar-refractivity contribution in [2.24, 2.45) is 5.10 Å². The number of amides is 1. The normalized spacial score (nSPS) is 22.0. The topological polar surface area (TPSA) is 51.1 Å². The molecule has 140 valence electrons. The first-order valence-electron chi connectivity index (χ1n) is 9.22. The van der Waals surface area contributed by atoms with Crippen molar-refractivity contribution in [3.63, 3.8) is 0 Å². The number of hydrogen-bond acceptors (Lipinski definition) is 4. The molecule has 2 aliphatic rings. The molecule has 5 nitrogen and oxygen atoms in total. The summed E-state index contributed by atoms with van der Waals surface area (Å²) in [7, 11) is 3.33. The number of rotatable bonds is 4. The standard InChI is InChI=1S/C22H24N2O3/c1-22(13-21(25)24(2)23-14-22)17-8-9-19(26-3)20(12-17)27-18-10-15-6-4-5-7-16(15)11-18/h4-9,12,14,18H,10-11,13H2,1-3H3. The molecule has 0 N–H and O–H groups in total. The Morgan fingerprint density at radius 3 is 2.44 bits per heavy atom. The van der Waals surface area contributed by atoms with Crippen LogP contribution < -0.4 is 9.47 Å². The monoisotopic (exact) mass is 364 g/mol. The SMILES string of the molecule is COc1ccc(C2(C)C=NN(C)C(=O)C2)cc1OC1Cc2ccccc2C1. The molecular formula is C22H24N2O3. The molecule has 1 unspecified atom stereocenters. The van der Waals surface area contributed by atoms with Crippen molar-refractivity contribution in [2.75, 3.05) is 14.2 Å². The summed E-state index contributed by atoms with van der Waals surface area (Å²) in [6.45, 7) is 2.03. The molecule has 0 fully saturated rings. The minimum atomic E-state index is -0.452. The Hall–Kier alpha value is -2.82. The zero-order chi connectivity index (χ0) is 19.0. The summed E-state index contributed by atoms with van der Waals surface area (Å²) in [5, 5.41) is 5.62. The van der Waals surface area contributed by atoms with E-state index < -0.39 is 5.41 Å². The highest BCUT2D eigenvalue weighted by atomic mass is 16.5. The second-order valence-corrected chi connectivity index (χ2v) is 7.54. The highest BCUT2D eigenvalue weighted by Crippen LogP contribution is 2.37. The van der Waals surface area contributed by atoms with Gasteiger partial charge in [-0.05, 0) is 35.7 Å². The molecule has 1 amide bonds. The van der Waals surface area contributed by atoms with E-state index in [1.165, 1.54) is 16.1 Å². The Morgan fingerprint density at radius 1 is 1.11 bits per heavy atom. The third-order valence-corrected chi connectivity index (χ3v) is 5.53. The van der Waals surface area contributed by atoms with Crippen molar-refractivity contribution in [2.45, 2.75) is 37.7 Å². The van der Waals surface area contributed by atoms with Crippen LogP contribution in [0.3, 0.4) is 0 Å². The van der Waals surface area contributed by atoms with Gasteiger partial charge in [-0.1, -0.05) is 30.3 Å². The average molecular weight is 364 g/mol. The molecule has 0 aromatic heterocycles. The highest BCUT2D eigenvalue weighted by Gasteiger charge is 2.34. The minimum absolute atomic E-state index is 0.00419. The second kappa shape index (κ2) is 6.72. The molecule has 0 radical (unpaired) electrons. The first-order valence-corrected chi connectivity index (χ1v) is 9.22. The van der Waals surface area contributed by atoms with Gasteiger partial charge >= 0.3 is 0 Å². The summed E-state index contributed by atoms with van der Waals surface area (Å²) in [4.78, 5) is 12.2. The van der Waals surface area contributed by atoms with E-state index in [1.807, 2.05) is 31.3 Å². The van der Waals surface area contributed by atoms with Crippen LogP contribution in [0.2, 0.25) is 0 Å². The van der Waals surface area contributed by atoms with Crippen molar-refractivity contribution in [3.8, 4) is 11.5 Å². The second-order valence-electron chi connectivity index (χ2n) is 7.54. The number of hydrazone groups is 1. The Morgan fingerprint density at radius 2 is 1.81 bits per heavy atom. The van der Waals surface area contributed by atoms with Crippen LogP contribution in [0, 0.1) is 0 Å². The van der Waals surface area contributed by atoms with E-state index >= 15 is 0 Å². The number of hydrogen-bond donors (Lipinski definition) is 0. The third-order valence-electron chi connectivity index (χ3n) is 5.53. The Bertz CT molecular complexity index is 883. The van der Waals surface area contributed by atoms with Crippen LogP contribution in [0.25, 0.3) is 0 Å². The van der Waals surface area contributed by atoms with Crippen molar-refractivity contribution in [3.05, 3.63) is 59.2 Å². The molecule has 4 rings (SSSR count). The molecule has 0 bridgehead atoms. The fourth-order valence-corrected chi connectivity index (χ4v) is 3.83. The van der Waals surface area contributed by atoms with Crippen LogP contribution in [0.15, 0.2) is 47.6 Å². The van der Waals surface area contributed by atoms with E-state index in [4.69, 9.17) is 9.47 Å². The predicted octanol–water partition coefficient (Wildman–Crippen LogP) is 3.35. The van der Waals surface area contributed by atoms with Gasteiger partial charge in [-0.25, -0.2) is 5.01 Å². The van der Waals surface area contributed by atoms with Gasteiger partial charge in [0.05, 0.1) is 7.11 Å². The van der Waals surface area contributed by atoms with Gasteiger partial charge in [0, 0.05) is 37.9 Å².